The Morgan fingerprint density at radius 2 is 2.22 bits per heavy atom. The average Bonchev–Trinajstić information content (AvgIpc) is 3.08. The van der Waals surface area contributed by atoms with Gasteiger partial charge in [-0.15, -0.1) is 0 Å². The molecule has 126 valence electrons. The number of carbonyl (C=O) groups excluding carboxylic acids is 1. The van der Waals surface area contributed by atoms with Gasteiger partial charge in [0.2, 0.25) is 0 Å². The first-order valence-electron chi connectivity index (χ1n) is 8.29. The smallest absolute Gasteiger partial charge is 0.322 e. The molecule has 2 N–H and O–H groups in total. The Balaban J connectivity index is 1.61. The summed E-state index contributed by atoms with van der Waals surface area (Å²) in [6, 6.07) is 6.98. The topological polar surface area (TPSA) is 71.0 Å². The molecule has 6 nitrogen and oxygen atoms in total. The highest BCUT2D eigenvalue weighted by molar-refractivity contribution is 5.89. The van der Waals surface area contributed by atoms with Crippen molar-refractivity contribution in [1.82, 2.24) is 4.90 Å². The van der Waals surface area contributed by atoms with Gasteiger partial charge in [-0.2, -0.15) is 0 Å². The summed E-state index contributed by atoms with van der Waals surface area (Å²) in [4.78, 5) is 14.0. The number of carbonyl (C=O) groups is 1. The molecule has 2 aliphatic rings. The predicted molar refractivity (Wildman–Crippen MR) is 86.7 cm³/mol. The van der Waals surface area contributed by atoms with Crippen LogP contribution in [0.2, 0.25) is 0 Å². The van der Waals surface area contributed by atoms with Crippen LogP contribution < -0.4 is 10.1 Å². The Morgan fingerprint density at radius 3 is 3.00 bits per heavy atom. The van der Waals surface area contributed by atoms with Crippen LogP contribution in [0.25, 0.3) is 0 Å². The lowest BCUT2D eigenvalue weighted by Crippen LogP contribution is -2.52. The van der Waals surface area contributed by atoms with Crippen molar-refractivity contribution >= 4 is 11.7 Å². The van der Waals surface area contributed by atoms with E-state index in [1.807, 2.05) is 24.3 Å². The van der Waals surface area contributed by atoms with Crippen LogP contribution in [0.4, 0.5) is 10.5 Å². The molecule has 1 heterocycles. The van der Waals surface area contributed by atoms with E-state index in [0.717, 1.165) is 18.6 Å². The number of morpholine rings is 1. The van der Waals surface area contributed by atoms with Crippen molar-refractivity contribution in [3.8, 4) is 5.75 Å². The molecule has 1 aromatic rings. The summed E-state index contributed by atoms with van der Waals surface area (Å²) in [7, 11) is 0. The maximum atomic E-state index is 12.4. The standard InChI is InChI=1S/C17H24N2O4/c20-11-14-12-22-9-8-19(14)17(21)18-13-4-3-7-16(10-13)23-15-5-1-2-6-15/h3-4,7,10,14-15,20H,1-2,5-6,8-9,11-12H2,(H,18,21)/t14-/m0/s1. The number of aliphatic hydroxyl groups excluding tert-OH is 1. The fraction of sp³-hybridized carbons (Fsp3) is 0.588. The summed E-state index contributed by atoms with van der Waals surface area (Å²) < 4.78 is 11.3. The molecule has 6 heteroatoms. The number of benzene rings is 1. The summed E-state index contributed by atoms with van der Waals surface area (Å²) in [5.41, 5.74) is 0.702. The van der Waals surface area contributed by atoms with Gasteiger partial charge < -0.3 is 24.8 Å². The maximum Gasteiger partial charge on any atom is 0.322 e. The number of aliphatic hydroxyl groups is 1. The Morgan fingerprint density at radius 1 is 1.39 bits per heavy atom. The van der Waals surface area contributed by atoms with Gasteiger partial charge in [0, 0.05) is 18.3 Å². The van der Waals surface area contributed by atoms with E-state index in [-0.39, 0.29) is 18.7 Å². The van der Waals surface area contributed by atoms with Gasteiger partial charge in [-0.05, 0) is 37.8 Å². The van der Waals surface area contributed by atoms with Crippen LogP contribution in [-0.2, 0) is 4.74 Å². The Hall–Kier alpha value is -1.79. The monoisotopic (exact) mass is 320 g/mol. The first-order valence-corrected chi connectivity index (χ1v) is 8.29. The third-order valence-corrected chi connectivity index (χ3v) is 4.39. The van der Waals surface area contributed by atoms with E-state index in [1.54, 1.807) is 4.90 Å². The number of hydrogen-bond acceptors (Lipinski definition) is 4. The first kappa shape index (κ1) is 16.1. The molecule has 2 amide bonds. The van der Waals surface area contributed by atoms with Gasteiger partial charge in [-0.1, -0.05) is 6.07 Å². The molecule has 0 aromatic heterocycles. The lowest BCUT2D eigenvalue weighted by atomic mass is 10.2. The van der Waals surface area contributed by atoms with Crippen LogP contribution in [0.3, 0.4) is 0 Å². The molecule has 0 spiro atoms. The third kappa shape index (κ3) is 4.14. The van der Waals surface area contributed by atoms with Crippen molar-refractivity contribution in [2.75, 3.05) is 31.7 Å². The van der Waals surface area contributed by atoms with Crippen molar-refractivity contribution in [3.05, 3.63) is 24.3 Å². The Labute approximate surface area is 136 Å². The normalized spacial score (nSPS) is 22.1. The molecule has 1 aliphatic carbocycles. The molecule has 23 heavy (non-hydrogen) atoms. The largest absolute Gasteiger partial charge is 0.490 e. The Kier molecular flexibility index (Phi) is 5.35. The zero-order valence-corrected chi connectivity index (χ0v) is 13.2. The average molecular weight is 320 g/mol. The molecule has 3 rings (SSSR count). The number of hydrogen-bond donors (Lipinski definition) is 2. The minimum atomic E-state index is -0.290. The van der Waals surface area contributed by atoms with Gasteiger partial charge >= 0.3 is 6.03 Å². The second kappa shape index (κ2) is 7.66. The fourth-order valence-corrected chi connectivity index (χ4v) is 3.11. The van der Waals surface area contributed by atoms with Crippen molar-refractivity contribution < 1.29 is 19.4 Å². The van der Waals surface area contributed by atoms with E-state index < -0.39 is 0 Å². The highest BCUT2D eigenvalue weighted by Gasteiger charge is 2.26. The number of rotatable bonds is 4. The van der Waals surface area contributed by atoms with Crippen LogP contribution in [0, 0.1) is 0 Å². The summed E-state index contributed by atoms with van der Waals surface area (Å²) in [6.07, 6.45) is 4.94. The lowest BCUT2D eigenvalue weighted by Gasteiger charge is -2.34. The van der Waals surface area contributed by atoms with E-state index in [2.05, 4.69) is 5.32 Å². The first-order chi connectivity index (χ1) is 11.3. The molecule has 1 aromatic carbocycles. The van der Waals surface area contributed by atoms with Crippen LogP contribution in [-0.4, -0.2) is 54.5 Å². The molecule has 0 unspecified atom stereocenters. The third-order valence-electron chi connectivity index (χ3n) is 4.39. The zero-order chi connectivity index (χ0) is 16.1. The number of nitrogens with zero attached hydrogens (tertiary/aromatic N) is 1. The van der Waals surface area contributed by atoms with Gasteiger partial charge in [0.05, 0.1) is 32.0 Å². The minimum Gasteiger partial charge on any atom is -0.490 e. The van der Waals surface area contributed by atoms with Crippen molar-refractivity contribution in [3.63, 3.8) is 0 Å². The van der Waals surface area contributed by atoms with Gasteiger partial charge in [0.15, 0.2) is 0 Å². The predicted octanol–water partition coefficient (Wildman–Crippen LogP) is 2.23. The van der Waals surface area contributed by atoms with E-state index >= 15 is 0 Å². The summed E-state index contributed by atoms with van der Waals surface area (Å²) in [5.74, 6) is 0.787. The number of amides is 2. The minimum absolute atomic E-state index is 0.0990. The summed E-state index contributed by atoms with van der Waals surface area (Å²) in [6.45, 7) is 1.25. The van der Waals surface area contributed by atoms with E-state index in [4.69, 9.17) is 9.47 Å². The molecule has 1 saturated heterocycles. The second-order valence-electron chi connectivity index (χ2n) is 6.09. The van der Waals surface area contributed by atoms with Crippen LogP contribution >= 0.6 is 0 Å². The molecular formula is C17H24N2O4. The van der Waals surface area contributed by atoms with E-state index in [1.165, 1.54) is 12.8 Å². The fourth-order valence-electron chi connectivity index (χ4n) is 3.11. The van der Waals surface area contributed by atoms with Gasteiger partial charge in [-0.3, -0.25) is 0 Å². The molecule has 1 atom stereocenters. The molecular weight excluding hydrogens is 296 g/mol. The van der Waals surface area contributed by atoms with Crippen LogP contribution in [0.5, 0.6) is 5.75 Å². The zero-order valence-electron chi connectivity index (χ0n) is 13.2. The van der Waals surface area contributed by atoms with Gasteiger partial charge in [0.25, 0.3) is 0 Å². The van der Waals surface area contributed by atoms with Crippen molar-refractivity contribution in [2.24, 2.45) is 0 Å². The van der Waals surface area contributed by atoms with Crippen LogP contribution in [0.1, 0.15) is 25.7 Å². The number of urea groups is 1. The SMILES string of the molecule is O=C(Nc1cccc(OC2CCCC2)c1)N1CCOC[C@@H]1CO. The molecule has 2 fully saturated rings. The second-order valence-corrected chi connectivity index (χ2v) is 6.09. The van der Waals surface area contributed by atoms with E-state index in [9.17, 15) is 9.90 Å². The summed E-state index contributed by atoms with van der Waals surface area (Å²) >= 11 is 0. The number of ether oxygens (including phenoxy) is 2. The quantitative estimate of drug-likeness (QED) is 0.892. The molecule has 0 bridgehead atoms. The van der Waals surface area contributed by atoms with Crippen molar-refractivity contribution in [2.45, 2.75) is 37.8 Å². The van der Waals surface area contributed by atoms with Crippen molar-refractivity contribution in [1.29, 1.82) is 0 Å². The molecule has 1 saturated carbocycles. The number of anilines is 1. The maximum absolute atomic E-state index is 12.4. The molecule has 1 aliphatic heterocycles. The number of nitrogens with one attached hydrogen (secondary N) is 1. The summed E-state index contributed by atoms with van der Waals surface area (Å²) in [5, 5.41) is 12.2. The Bertz CT molecular complexity index is 531. The van der Waals surface area contributed by atoms with Gasteiger partial charge in [-0.25, -0.2) is 4.79 Å². The van der Waals surface area contributed by atoms with Crippen LogP contribution in [0.15, 0.2) is 24.3 Å². The van der Waals surface area contributed by atoms with E-state index in [0.29, 0.717) is 31.5 Å². The lowest BCUT2D eigenvalue weighted by molar-refractivity contribution is -0.00485. The van der Waals surface area contributed by atoms with Gasteiger partial charge in [0.1, 0.15) is 5.75 Å². The molecule has 0 radical (unpaired) electrons. The highest BCUT2D eigenvalue weighted by atomic mass is 16.5. The highest BCUT2D eigenvalue weighted by Crippen LogP contribution is 2.26.